The highest BCUT2D eigenvalue weighted by Gasteiger charge is 2.25. The van der Waals surface area contributed by atoms with Gasteiger partial charge in [0.15, 0.2) is 0 Å². The normalized spacial score (nSPS) is 11.6. The number of carbonyl (C=O) groups is 2. The fourth-order valence-electron chi connectivity index (χ4n) is 2.36. The Balaban J connectivity index is 2.02. The molecule has 4 N–H and O–H groups in total. The van der Waals surface area contributed by atoms with E-state index in [9.17, 15) is 19.6 Å². The first-order valence-electron chi connectivity index (χ1n) is 7.57. The van der Waals surface area contributed by atoms with Gasteiger partial charge in [-0.15, -0.1) is 0 Å². The quantitative estimate of drug-likeness (QED) is 0.521. The van der Waals surface area contributed by atoms with Crippen LogP contribution in [0.4, 0.5) is 0 Å². The second-order valence-corrected chi connectivity index (χ2v) is 6.52. The molecule has 1 unspecified atom stereocenters. The highest BCUT2D eigenvalue weighted by atomic mass is 79.9. The minimum atomic E-state index is -1.76. The molecule has 130 valence electrons. The van der Waals surface area contributed by atoms with Gasteiger partial charge in [0.05, 0.1) is 17.9 Å². The maximum Gasteiger partial charge on any atom is 0.475 e. The number of carboxylic acids is 1. The van der Waals surface area contributed by atoms with Crippen molar-refractivity contribution in [1.29, 1.82) is 0 Å². The van der Waals surface area contributed by atoms with Crippen molar-refractivity contribution in [1.82, 2.24) is 5.32 Å². The molecule has 2 aromatic carbocycles. The molecule has 1 amide bonds. The highest BCUT2D eigenvalue weighted by molar-refractivity contribution is 9.10. The molecular formula is C17H17BBrNO5. The summed E-state index contributed by atoms with van der Waals surface area (Å²) in [7, 11) is -1.76. The van der Waals surface area contributed by atoms with Crippen molar-refractivity contribution < 1.29 is 24.7 Å². The maximum absolute atomic E-state index is 12.1. The summed E-state index contributed by atoms with van der Waals surface area (Å²) >= 11 is 3.32. The van der Waals surface area contributed by atoms with Gasteiger partial charge in [0, 0.05) is 4.47 Å². The first-order chi connectivity index (χ1) is 11.8. The lowest BCUT2D eigenvalue weighted by Gasteiger charge is -2.18. The van der Waals surface area contributed by atoms with Crippen molar-refractivity contribution in [3.63, 3.8) is 0 Å². The zero-order chi connectivity index (χ0) is 18.4. The Kier molecular flexibility index (Phi) is 6.75. The van der Waals surface area contributed by atoms with Crippen LogP contribution in [0.2, 0.25) is 0 Å². The van der Waals surface area contributed by atoms with Crippen molar-refractivity contribution in [2.75, 3.05) is 0 Å². The molecule has 0 bridgehead atoms. The van der Waals surface area contributed by atoms with Crippen LogP contribution in [0.1, 0.15) is 21.5 Å². The van der Waals surface area contributed by atoms with E-state index < -0.39 is 19.0 Å². The van der Waals surface area contributed by atoms with Gasteiger partial charge in [-0.25, -0.2) is 4.79 Å². The molecule has 2 rings (SSSR count). The van der Waals surface area contributed by atoms with Crippen molar-refractivity contribution in [3.8, 4) is 0 Å². The first-order valence-corrected chi connectivity index (χ1v) is 8.36. The third kappa shape index (κ3) is 6.01. The van der Waals surface area contributed by atoms with Crippen LogP contribution in [0.3, 0.4) is 0 Å². The number of amides is 1. The predicted octanol–water partition coefficient (Wildman–Crippen LogP) is 1.43. The van der Waals surface area contributed by atoms with E-state index in [2.05, 4.69) is 21.2 Å². The van der Waals surface area contributed by atoms with Crippen LogP contribution in [0, 0.1) is 0 Å². The summed E-state index contributed by atoms with van der Waals surface area (Å²) in [4.78, 5) is 23.1. The molecule has 0 aliphatic rings. The zero-order valence-electron chi connectivity index (χ0n) is 13.2. The van der Waals surface area contributed by atoms with Gasteiger partial charge < -0.3 is 20.5 Å². The summed E-state index contributed by atoms with van der Waals surface area (Å²) in [6.45, 7) is 0. The maximum atomic E-state index is 12.1. The van der Waals surface area contributed by atoms with E-state index in [0.717, 1.165) is 10.0 Å². The molecular weight excluding hydrogens is 389 g/mol. The number of aromatic carboxylic acids is 1. The molecule has 0 aromatic heterocycles. The molecule has 8 heteroatoms. The zero-order valence-corrected chi connectivity index (χ0v) is 14.8. The fourth-order valence-corrected chi connectivity index (χ4v) is 2.63. The van der Waals surface area contributed by atoms with Gasteiger partial charge >= 0.3 is 13.1 Å². The van der Waals surface area contributed by atoms with Crippen LogP contribution in [-0.4, -0.2) is 40.1 Å². The van der Waals surface area contributed by atoms with Gasteiger partial charge in [0.25, 0.3) is 0 Å². The van der Waals surface area contributed by atoms with Crippen molar-refractivity contribution >= 4 is 34.9 Å². The van der Waals surface area contributed by atoms with E-state index in [1.807, 2.05) is 12.1 Å². The van der Waals surface area contributed by atoms with E-state index in [0.29, 0.717) is 5.56 Å². The molecule has 0 heterocycles. The SMILES string of the molecule is O=C(Cc1ccc(Br)cc1)NC(Cc1cccc(C(=O)O)c1)B(O)O. The van der Waals surface area contributed by atoms with E-state index >= 15 is 0 Å². The summed E-state index contributed by atoms with van der Waals surface area (Å²) in [6.07, 6.45) is 0.205. The number of nitrogens with one attached hydrogen (secondary N) is 1. The van der Waals surface area contributed by atoms with Crippen LogP contribution >= 0.6 is 15.9 Å². The smallest absolute Gasteiger partial charge is 0.475 e. The number of carboxylic acid groups (broad SMARTS) is 1. The average Bonchev–Trinajstić information content (AvgIpc) is 2.56. The Labute approximate surface area is 153 Å². The minimum Gasteiger partial charge on any atom is -0.478 e. The third-order valence-corrected chi connectivity index (χ3v) is 4.14. The molecule has 0 saturated carbocycles. The molecule has 2 aromatic rings. The summed E-state index contributed by atoms with van der Waals surface area (Å²) < 4.78 is 0.902. The summed E-state index contributed by atoms with van der Waals surface area (Å²) in [5.74, 6) is -2.36. The molecule has 0 fully saturated rings. The Hall–Kier alpha value is -2.16. The second kappa shape index (κ2) is 8.80. The highest BCUT2D eigenvalue weighted by Crippen LogP contribution is 2.12. The van der Waals surface area contributed by atoms with Crippen LogP contribution in [-0.2, 0) is 17.6 Å². The molecule has 1 atom stereocenters. The monoisotopic (exact) mass is 405 g/mol. The van der Waals surface area contributed by atoms with E-state index in [4.69, 9.17) is 5.11 Å². The largest absolute Gasteiger partial charge is 0.478 e. The van der Waals surface area contributed by atoms with Gasteiger partial charge in [0.2, 0.25) is 5.91 Å². The fraction of sp³-hybridized carbons (Fsp3) is 0.176. The lowest BCUT2D eigenvalue weighted by atomic mass is 9.75. The molecule has 0 aliphatic heterocycles. The number of rotatable bonds is 7. The second-order valence-electron chi connectivity index (χ2n) is 5.60. The molecule has 0 aliphatic carbocycles. The van der Waals surface area contributed by atoms with Gasteiger partial charge in [-0.3, -0.25) is 4.79 Å². The Morgan fingerprint density at radius 3 is 2.36 bits per heavy atom. The Bertz CT molecular complexity index is 751. The van der Waals surface area contributed by atoms with E-state index in [1.54, 1.807) is 24.3 Å². The first kappa shape index (κ1) is 19.2. The summed E-state index contributed by atoms with van der Waals surface area (Å²) in [5, 5.41) is 30.6. The summed E-state index contributed by atoms with van der Waals surface area (Å²) in [5.41, 5.74) is 1.48. The lowest BCUT2D eigenvalue weighted by Crippen LogP contribution is -2.48. The van der Waals surface area contributed by atoms with Crippen LogP contribution in [0.25, 0.3) is 0 Å². The Morgan fingerprint density at radius 1 is 1.08 bits per heavy atom. The minimum absolute atomic E-state index is 0.102. The molecule has 0 saturated heterocycles. The molecule has 25 heavy (non-hydrogen) atoms. The van der Waals surface area contributed by atoms with Gasteiger partial charge in [-0.05, 0) is 41.8 Å². The van der Waals surface area contributed by atoms with Gasteiger partial charge in [-0.1, -0.05) is 40.2 Å². The average molecular weight is 406 g/mol. The molecule has 0 radical (unpaired) electrons. The van der Waals surface area contributed by atoms with Crippen molar-refractivity contribution in [3.05, 3.63) is 69.7 Å². The van der Waals surface area contributed by atoms with Crippen LogP contribution in [0.15, 0.2) is 53.0 Å². The van der Waals surface area contributed by atoms with E-state index in [1.165, 1.54) is 12.1 Å². The summed E-state index contributed by atoms with van der Waals surface area (Å²) in [6, 6.07) is 13.4. The predicted molar refractivity (Wildman–Crippen MR) is 97.1 cm³/mol. The van der Waals surface area contributed by atoms with Crippen molar-refractivity contribution in [2.24, 2.45) is 0 Å². The molecule has 0 spiro atoms. The lowest BCUT2D eigenvalue weighted by molar-refractivity contribution is -0.120. The number of hydrogen-bond donors (Lipinski definition) is 4. The molecule has 6 nitrogen and oxygen atoms in total. The number of carbonyl (C=O) groups excluding carboxylic acids is 1. The van der Waals surface area contributed by atoms with Crippen molar-refractivity contribution in [2.45, 2.75) is 18.8 Å². The number of hydrogen-bond acceptors (Lipinski definition) is 4. The standard InChI is InChI=1S/C17H17BBrNO5/c19-14-6-4-11(5-7-14)10-16(21)20-15(18(24)25)9-12-2-1-3-13(8-12)17(22)23/h1-8,15,24-25H,9-10H2,(H,20,21)(H,22,23). The topological polar surface area (TPSA) is 107 Å². The number of benzene rings is 2. The van der Waals surface area contributed by atoms with Gasteiger partial charge in [0.1, 0.15) is 0 Å². The number of halogens is 1. The third-order valence-electron chi connectivity index (χ3n) is 3.61. The van der Waals surface area contributed by atoms with E-state index in [-0.39, 0.29) is 24.3 Å². The van der Waals surface area contributed by atoms with Crippen LogP contribution in [0.5, 0.6) is 0 Å². The van der Waals surface area contributed by atoms with Gasteiger partial charge in [-0.2, -0.15) is 0 Å². The Morgan fingerprint density at radius 2 is 1.76 bits per heavy atom. The van der Waals surface area contributed by atoms with Crippen LogP contribution < -0.4 is 5.32 Å².